The van der Waals surface area contributed by atoms with Crippen molar-refractivity contribution in [1.82, 2.24) is 5.32 Å². The Morgan fingerprint density at radius 2 is 1.37 bits per heavy atom. The average molecular weight is 486 g/mol. The summed E-state index contributed by atoms with van der Waals surface area (Å²) in [7, 11) is 0. The Labute approximate surface area is 204 Å². The largest absolute Gasteiger partial charge is 0.463 e. The van der Waals surface area contributed by atoms with Crippen molar-refractivity contribution in [2.75, 3.05) is 6.61 Å². The Morgan fingerprint density at radius 1 is 0.800 bits per heavy atom. The molecule has 9 nitrogen and oxygen atoms in total. The second kappa shape index (κ2) is 13.0. The minimum atomic E-state index is -1.03. The van der Waals surface area contributed by atoms with Crippen LogP contribution in [0.15, 0.2) is 60.7 Å². The molecule has 0 aromatic heterocycles. The van der Waals surface area contributed by atoms with Gasteiger partial charge in [-0.2, -0.15) is 0 Å². The predicted molar refractivity (Wildman–Crippen MR) is 125 cm³/mol. The zero-order valence-electron chi connectivity index (χ0n) is 20.0. The van der Waals surface area contributed by atoms with Gasteiger partial charge in [0.05, 0.1) is 6.61 Å². The second-order valence-corrected chi connectivity index (χ2v) is 8.18. The van der Waals surface area contributed by atoms with Crippen LogP contribution in [0.5, 0.6) is 0 Å². The van der Waals surface area contributed by atoms with Gasteiger partial charge in [0.15, 0.2) is 18.5 Å². The lowest BCUT2D eigenvalue weighted by Gasteiger charge is -2.45. The zero-order chi connectivity index (χ0) is 25.2. The first-order valence-corrected chi connectivity index (χ1v) is 11.4. The quantitative estimate of drug-likeness (QED) is 0.401. The smallest absolute Gasteiger partial charge is 0.303 e. The van der Waals surface area contributed by atoms with Crippen molar-refractivity contribution in [1.29, 1.82) is 0 Å². The minimum absolute atomic E-state index is 0.207. The molecule has 0 radical (unpaired) electrons. The molecule has 1 aliphatic heterocycles. The molecular formula is C26H31NO8. The lowest BCUT2D eigenvalue weighted by Crippen LogP contribution is -2.65. The monoisotopic (exact) mass is 485 g/mol. The Balaban J connectivity index is 1.90. The molecule has 9 heteroatoms. The lowest BCUT2D eigenvalue weighted by atomic mass is 9.95. The summed E-state index contributed by atoms with van der Waals surface area (Å²) in [4.78, 5) is 35.5. The van der Waals surface area contributed by atoms with Gasteiger partial charge in [-0.05, 0) is 11.1 Å². The van der Waals surface area contributed by atoms with Crippen molar-refractivity contribution >= 4 is 17.9 Å². The first kappa shape index (κ1) is 26.3. The fourth-order valence-electron chi connectivity index (χ4n) is 3.84. The van der Waals surface area contributed by atoms with Crippen molar-refractivity contribution in [2.24, 2.45) is 0 Å². The highest BCUT2D eigenvalue weighted by molar-refractivity contribution is 5.68. The summed E-state index contributed by atoms with van der Waals surface area (Å²) in [5.41, 5.74) is 1.91. The van der Waals surface area contributed by atoms with Gasteiger partial charge in [-0.25, -0.2) is 0 Å². The molecule has 0 saturated carbocycles. The van der Waals surface area contributed by atoms with Crippen molar-refractivity contribution in [3.8, 4) is 0 Å². The van der Waals surface area contributed by atoms with Gasteiger partial charge in [-0.3, -0.25) is 14.4 Å². The highest BCUT2D eigenvalue weighted by Crippen LogP contribution is 2.28. The average Bonchev–Trinajstić information content (AvgIpc) is 2.83. The summed E-state index contributed by atoms with van der Waals surface area (Å²) < 4.78 is 28.6. The van der Waals surface area contributed by atoms with Crippen LogP contribution in [0.25, 0.3) is 0 Å². The Bertz CT molecular complexity index is 968. The molecule has 1 fully saturated rings. The number of hydrogen-bond donors (Lipinski definition) is 1. The van der Waals surface area contributed by atoms with Gasteiger partial charge in [0.1, 0.15) is 18.8 Å². The van der Waals surface area contributed by atoms with Gasteiger partial charge < -0.3 is 29.0 Å². The first-order valence-electron chi connectivity index (χ1n) is 11.4. The topological polar surface area (TPSA) is 109 Å². The van der Waals surface area contributed by atoms with E-state index in [1.807, 2.05) is 60.7 Å². The molecule has 1 aliphatic rings. The maximum absolute atomic E-state index is 12.1. The van der Waals surface area contributed by atoms with E-state index >= 15 is 0 Å². The number of carbonyl (C=O) groups is 3. The molecule has 0 spiro atoms. The Kier molecular flexibility index (Phi) is 9.77. The molecule has 35 heavy (non-hydrogen) atoms. The van der Waals surface area contributed by atoms with Gasteiger partial charge in [0, 0.05) is 27.3 Å². The van der Waals surface area contributed by atoms with E-state index in [4.69, 9.17) is 23.7 Å². The molecular weight excluding hydrogens is 454 g/mol. The molecule has 0 unspecified atom stereocenters. The summed E-state index contributed by atoms with van der Waals surface area (Å²) in [5, 5.41) is 3.34. The van der Waals surface area contributed by atoms with Crippen LogP contribution in [-0.2, 0) is 51.2 Å². The van der Waals surface area contributed by atoms with Gasteiger partial charge in [-0.15, -0.1) is 0 Å². The normalized spacial score (nSPS) is 23.8. The molecule has 1 heterocycles. The van der Waals surface area contributed by atoms with Crippen LogP contribution in [0.3, 0.4) is 0 Å². The maximum Gasteiger partial charge on any atom is 0.303 e. The van der Waals surface area contributed by atoms with Gasteiger partial charge in [0.25, 0.3) is 0 Å². The number of benzene rings is 2. The van der Waals surface area contributed by atoms with Crippen LogP contribution in [0, 0.1) is 0 Å². The van der Waals surface area contributed by atoms with E-state index in [-0.39, 0.29) is 13.2 Å². The maximum atomic E-state index is 12.1. The summed E-state index contributed by atoms with van der Waals surface area (Å²) in [6.45, 7) is 4.22. The Hall–Kier alpha value is -3.27. The summed E-state index contributed by atoms with van der Waals surface area (Å²) in [5.74, 6) is -1.67. The van der Waals surface area contributed by atoms with Crippen molar-refractivity contribution in [2.45, 2.75) is 64.6 Å². The van der Waals surface area contributed by atoms with Crippen LogP contribution in [-0.4, -0.2) is 55.2 Å². The molecule has 1 saturated heterocycles. The number of nitrogens with one attached hydrogen (secondary N) is 1. The van der Waals surface area contributed by atoms with Gasteiger partial charge in [0.2, 0.25) is 0 Å². The van der Waals surface area contributed by atoms with E-state index in [1.165, 1.54) is 20.8 Å². The van der Waals surface area contributed by atoms with Crippen LogP contribution in [0.1, 0.15) is 31.9 Å². The van der Waals surface area contributed by atoms with Crippen molar-refractivity contribution < 1.29 is 38.1 Å². The Morgan fingerprint density at radius 3 is 1.94 bits per heavy atom. The van der Waals surface area contributed by atoms with Crippen molar-refractivity contribution in [3.05, 3.63) is 71.8 Å². The zero-order valence-corrected chi connectivity index (χ0v) is 20.0. The predicted octanol–water partition coefficient (Wildman–Crippen LogP) is 2.51. The number of carbonyl (C=O) groups excluding carboxylic acids is 3. The van der Waals surface area contributed by atoms with E-state index < -0.39 is 48.6 Å². The fraction of sp³-hybridized carbons (Fsp3) is 0.423. The highest BCUT2D eigenvalue weighted by atomic mass is 16.7. The molecule has 2 aromatic rings. The first-order chi connectivity index (χ1) is 16.8. The number of ether oxygens (including phenoxy) is 5. The van der Waals surface area contributed by atoms with Crippen LogP contribution >= 0.6 is 0 Å². The molecule has 2 aromatic carbocycles. The second-order valence-electron chi connectivity index (χ2n) is 8.18. The number of esters is 3. The van der Waals surface area contributed by atoms with Crippen molar-refractivity contribution in [3.63, 3.8) is 0 Å². The van der Waals surface area contributed by atoms with Gasteiger partial charge in [-0.1, -0.05) is 60.7 Å². The third kappa shape index (κ3) is 8.17. The number of rotatable bonds is 10. The van der Waals surface area contributed by atoms with E-state index in [2.05, 4.69) is 5.32 Å². The van der Waals surface area contributed by atoms with E-state index in [9.17, 15) is 14.4 Å². The third-order valence-electron chi connectivity index (χ3n) is 5.34. The summed E-state index contributed by atoms with van der Waals surface area (Å²) in [6.07, 6.45) is -3.81. The molecule has 3 rings (SSSR count). The van der Waals surface area contributed by atoms with Crippen LogP contribution in [0.4, 0.5) is 0 Å². The lowest BCUT2D eigenvalue weighted by molar-refractivity contribution is -0.281. The molecule has 188 valence electrons. The molecule has 5 atom stereocenters. The summed E-state index contributed by atoms with van der Waals surface area (Å²) >= 11 is 0. The highest BCUT2D eigenvalue weighted by Gasteiger charge is 2.50. The van der Waals surface area contributed by atoms with E-state index in [0.717, 1.165) is 11.1 Å². The SMILES string of the molecule is CC(=O)OC[C@H]1O[C@@H](OCc2ccccc2)[C@H](NCc2ccccc2)[C@@H](OC(C)=O)[C@@H]1OC(C)=O. The molecule has 1 N–H and O–H groups in total. The van der Waals surface area contributed by atoms with E-state index in [1.54, 1.807) is 0 Å². The molecule has 0 aliphatic carbocycles. The van der Waals surface area contributed by atoms with Crippen LogP contribution in [0.2, 0.25) is 0 Å². The van der Waals surface area contributed by atoms with E-state index in [0.29, 0.717) is 6.54 Å². The number of hydrogen-bond acceptors (Lipinski definition) is 9. The molecule has 0 bridgehead atoms. The molecule has 0 amide bonds. The standard InChI is InChI=1S/C26H31NO8/c1-17(28)31-16-22-24(33-18(2)29)25(34-19(3)30)23(27-14-20-10-6-4-7-11-20)26(35-22)32-15-21-12-8-5-9-13-21/h4-13,22-27H,14-16H2,1-3H3/t22-,23-,24-,25-,26-/m1/s1. The fourth-order valence-corrected chi connectivity index (χ4v) is 3.84. The minimum Gasteiger partial charge on any atom is -0.463 e. The van der Waals surface area contributed by atoms with Crippen LogP contribution < -0.4 is 5.32 Å². The summed E-state index contributed by atoms with van der Waals surface area (Å²) in [6, 6.07) is 18.5. The van der Waals surface area contributed by atoms with Gasteiger partial charge >= 0.3 is 17.9 Å². The third-order valence-corrected chi connectivity index (χ3v) is 5.34.